The molecule has 2 amide bonds. The summed E-state index contributed by atoms with van der Waals surface area (Å²) in [5.74, 6) is -0.410. The van der Waals surface area contributed by atoms with Crippen molar-refractivity contribution in [2.75, 3.05) is 44.6 Å². The molecular weight excluding hydrogens is 321 g/mol. The molecule has 6 heteroatoms. The number of aryl methyl sites for hydroxylation is 1. The number of urea groups is 1. The summed E-state index contributed by atoms with van der Waals surface area (Å²) in [6.07, 6.45) is 4.83. The van der Waals surface area contributed by atoms with Crippen LogP contribution in [0, 0.1) is 12.7 Å². The zero-order valence-electron chi connectivity index (χ0n) is 15.0. The summed E-state index contributed by atoms with van der Waals surface area (Å²) in [5.41, 5.74) is 1.15. The van der Waals surface area contributed by atoms with Crippen molar-refractivity contribution in [2.24, 2.45) is 0 Å². The highest BCUT2D eigenvalue weighted by atomic mass is 19.1. The Kier molecular flexibility index (Phi) is 6.26. The third-order valence-electron chi connectivity index (χ3n) is 5.01. The van der Waals surface area contributed by atoms with Gasteiger partial charge in [-0.2, -0.15) is 0 Å². The average molecular weight is 349 g/mol. The molecule has 1 aromatic carbocycles. The van der Waals surface area contributed by atoms with Crippen molar-refractivity contribution in [1.29, 1.82) is 0 Å². The standard InChI is InChI=1S/C19H28FN3O2/c1-15-5-6-17(20)18(13-15)21-19(24)23-10-7-16(14-23)25-12-11-22-8-3-2-4-9-22/h5-6,13,16H,2-4,7-12,14H2,1H3,(H,21,24). The molecule has 1 aromatic rings. The number of ether oxygens (including phenoxy) is 1. The minimum atomic E-state index is -0.410. The Morgan fingerprint density at radius 2 is 2.08 bits per heavy atom. The topological polar surface area (TPSA) is 44.8 Å². The Hall–Kier alpha value is -1.66. The third kappa shape index (κ3) is 5.16. The second-order valence-corrected chi connectivity index (χ2v) is 7.04. The maximum absolute atomic E-state index is 13.8. The van der Waals surface area contributed by atoms with Crippen LogP contribution in [0.2, 0.25) is 0 Å². The van der Waals surface area contributed by atoms with Gasteiger partial charge in [-0.3, -0.25) is 0 Å². The van der Waals surface area contributed by atoms with Gasteiger partial charge < -0.3 is 19.9 Å². The molecule has 0 spiro atoms. The van der Waals surface area contributed by atoms with E-state index in [1.54, 1.807) is 17.0 Å². The number of nitrogens with zero attached hydrogens (tertiary/aromatic N) is 2. The van der Waals surface area contributed by atoms with E-state index in [4.69, 9.17) is 4.74 Å². The summed E-state index contributed by atoms with van der Waals surface area (Å²) in [7, 11) is 0. The molecule has 2 heterocycles. The van der Waals surface area contributed by atoms with E-state index in [0.29, 0.717) is 19.7 Å². The highest BCUT2D eigenvalue weighted by Gasteiger charge is 2.27. The van der Waals surface area contributed by atoms with Crippen molar-refractivity contribution in [3.63, 3.8) is 0 Å². The van der Waals surface area contributed by atoms with E-state index in [9.17, 15) is 9.18 Å². The van der Waals surface area contributed by atoms with Gasteiger partial charge in [-0.05, 0) is 57.0 Å². The SMILES string of the molecule is Cc1ccc(F)c(NC(=O)N2CCC(OCCN3CCCCC3)C2)c1. The lowest BCUT2D eigenvalue weighted by molar-refractivity contribution is 0.0416. The molecule has 0 saturated carbocycles. The van der Waals surface area contributed by atoms with Crippen LogP contribution in [0.1, 0.15) is 31.2 Å². The molecule has 3 rings (SSSR count). The van der Waals surface area contributed by atoms with E-state index in [-0.39, 0.29) is 17.8 Å². The van der Waals surface area contributed by atoms with Crippen molar-refractivity contribution >= 4 is 11.7 Å². The smallest absolute Gasteiger partial charge is 0.322 e. The lowest BCUT2D eigenvalue weighted by Crippen LogP contribution is -2.35. The number of hydrogen-bond acceptors (Lipinski definition) is 3. The highest BCUT2D eigenvalue weighted by molar-refractivity contribution is 5.89. The van der Waals surface area contributed by atoms with Gasteiger partial charge in [0.05, 0.1) is 18.4 Å². The largest absolute Gasteiger partial charge is 0.375 e. The fourth-order valence-electron chi connectivity index (χ4n) is 3.51. The van der Waals surface area contributed by atoms with Crippen LogP contribution in [-0.2, 0) is 4.74 Å². The average Bonchev–Trinajstić information content (AvgIpc) is 3.08. The highest BCUT2D eigenvalue weighted by Crippen LogP contribution is 2.19. The number of carbonyl (C=O) groups is 1. The van der Waals surface area contributed by atoms with Crippen LogP contribution in [0.5, 0.6) is 0 Å². The number of hydrogen-bond donors (Lipinski definition) is 1. The van der Waals surface area contributed by atoms with Crippen molar-refractivity contribution in [2.45, 2.75) is 38.7 Å². The predicted molar refractivity (Wildman–Crippen MR) is 96.4 cm³/mol. The Morgan fingerprint density at radius 1 is 1.28 bits per heavy atom. The fraction of sp³-hybridized carbons (Fsp3) is 0.632. The normalized spacial score (nSPS) is 21.5. The van der Waals surface area contributed by atoms with E-state index in [0.717, 1.165) is 18.5 Å². The summed E-state index contributed by atoms with van der Waals surface area (Å²) in [6.45, 7) is 7.11. The molecular formula is C19H28FN3O2. The van der Waals surface area contributed by atoms with E-state index >= 15 is 0 Å². The molecule has 1 unspecified atom stereocenters. The number of rotatable bonds is 5. The number of anilines is 1. The molecule has 25 heavy (non-hydrogen) atoms. The first-order valence-electron chi connectivity index (χ1n) is 9.28. The number of nitrogens with one attached hydrogen (secondary N) is 1. The molecule has 138 valence electrons. The van der Waals surface area contributed by atoms with E-state index in [2.05, 4.69) is 10.2 Å². The van der Waals surface area contributed by atoms with Crippen LogP contribution in [-0.4, -0.2) is 61.3 Å². The number of benzene rings is 1. The van der Waals surface area contributed by atoms with E-state index < -0.39 is 5.82 Å². The number of likely N-dealkylation sites (tertiary alicyclic amines) is 2. The number of amides is 2. The van der Waals surface area contributed by atoms with Gasteiger partial charge in [0.1, 0.15) is 5.82 Å². The van der Waals surface area contributed by atoms with Crippen LogP contribution < -0.4 is 5.32 Å². The molecule has 0 aromatic heterocycles. The van der Waals surface area contributed by atoms with Gasteiger partial charge in [-0.15, -0.1) is 0 Å². The molecule has 2 saturated heterocycles. The summed E-state index contributed by atoms with van der Waals surface area (Å²) in [6, 6.07) is 4.45. The second-order valence-electron chi connectivity index (χ2n) is 7.04. The minimum Gasteiger partial charge on any atom is -0.375 e. The Bertz CT molecular complexity index is 590. The predicted octanol–water partition coefficient (Wildman–Crippen LogP) is 3.24. The monoisotopic (exact) mass is 349 g/mol. The van der Waals surface area contributed by atoms with Crippen molar-refractivity contribution in [3.8, 4) is 0 Å². The molecule has 0 aliphatic carbocycles. The Labute approximate surface area is 149 Å². The van der Waals surface area contributed by atoms with E-state index in [1.807, 2.05) is 6.92 Å². The summed E-state index contributed by atoms with van der Waals surface area (Å²) >= 11 is 0. The van der Waals surface area contributed by atoms with Crippen LogP contribution >= 0.6 is 0 Å². The van der Waals surface area contributed by atoms with Gasteiger partial charge in [-0.1, -0.05) is 12.5 Å². The first-order chi connectivity index (χ1) is 12.1. The third-order valence-corrected chi connectivity index (χ3v) is 5.01. The summed E-state index contributed by atoms with van der Waals surface area (Å²) in [5, 5.41) is 2.67. The van der Waals surface area contributed by atoms with Crippen LogP contribution in [0.15, 0.2) is 18.2 Å². The number of piperidine rings is 1. The summed E-state index contributed by atoms with van der Waals surface area (Å²) < 4.78 is 19.7. The van der Waals surface area contributed by atoms with Crippen LogP contribution in [0.4, 0.5) is 14.9 Å². The van der Waals surface area contributed by atoms with Gasteiger partial charge in [0.25, 0.3) is 0 Å². The van der Waals surface area contributed by atoms with E-state index in [1.165, 1.54) is 38.4 Å². The second kappa shape index (κ2) is 8.63. The summed E-state index contributed by atoms with van der Waals surface area (Å²) in [4.78, 5) is 16.5. The van der Waals surface area contributed by atoms with Crippen LogP contribution in [0.3, 0.4) is 0 Å². The number of carbonyl (C=O) groups excluding carboxylic acids is 1. The van der Waals surface area contributed by atoms with Gasteiger partial charge >= 0.3 is 6.03 Å². The fourth-order valence-corrected chi connectivity index (χ4v) is 3.51. The Morgan fingerprint density at radius 3 is 2.88 bits per heavy atom. The molecule has 2 aliphatic heterocycles. The minimum absolute atomic E-state index is 0.0814. The Balaban J connectivity index is 1.41. The van der Waals surface area contributed by atoms with Crippen molar-refractivity contribution in [3.05, 3.63) is 29.6 Å². The quantitative estimate of drug-likeness (QED) is 0.888. The lowest BCUT2D eigenvalue weighted by Gasteiger charge is -2.26. The molecule has 1 atom stereocenters. The van der Waals surface area contributed by atoms with Gasteiger partial charge in [0.15, 0.2) is 0 Å². The van der Waals surface area contributed by atoms with Crippen LogP contribution in [0.25, 0.3) is 0 Å². The lowest BCUT2D eigenvalue weighted by atomic mass is 10.1. The molecule has 5 nitrogen and oxygen atoms in total. The van der Waals surface area contributed by atoms with Crippen molar-refractivity contribution in [1.82, 2.24) is 9.80 Å². The van der Waals surface area contributed by atoms with Gasteiger partial charge in [-0.25, -0.2) is 9.18 Å². The molecule has 2 fully saturated rings. The van der Waals surface area contributed by atoms with Gasteiger partial charge in [0.2, 0.25) is 0 Å². The molecule has 0 bridgehead atoms. The maximum Gasteiger partial charge on any atom is 0.322 e. The first kappa shape index (κ1) is 18.1. The number of halogens is 1. The molecule has 1 N–H and O–H groups in total. The zero-order chi connectivity index (χ0) is 17.6. The zero-order valence-corrected chi connectivity index (χ0v) is 15.0. The molecule has 0 radical (unpaired) electrons. The van der Waals surface area contributed by atoms with Gasteiger partial charge in [0, 0.05) is 19.6 Å². The first-order valence-corrected chi connectivity index (χ1v) is 9.28. The maximum atomic E-state index is 13.8. The molecule has 2 aliphatic rings. The van der Waals surface area contributed by atoms with Crippen molar-refractivity contribution < 1.29 is 13.9 Å².